The molecule has 0 atom stereocenters. The number of amides is 2. The highest BCUT2D eigenvalue weighted by Gasteiger charge is 2.25. The number of carbonyl (C=O) groups is 2. The van der Waals surface area contributed by atoms with Gasteiger partial charge in [-0.15, -0.1) is 11.8 Å². The molecule has 2 heterocycles. The average molecular weight is 397 g/mol. The van der Waals surface area contributed by atoms with Crippen LogP contribution >= 0.6 is 23.4 Å². The number of methoxy groups -OCH3 is 1. The van der Waals surface area contributed by atoms with Crippen molar-refractivity contribution in [3.63, 3.8) is 0 Å². The molecule has 1 aromatic carbocycles. The van der Waals surface area contributed by atoms with Gasteiger partial charge in [-0.25, -0.2) is 0 Å². The first-order valence-corrected chi connectivity index (χ1v) is 9.82. The van der Waals surface area contributed by atoms with Crippen LogP contribution in [0.2, 0.25) is 5.02 Å². The molecule has 0 radical (unpaired) electrons. The van der Waals surface area contributed by atoms with Gasteiger partial charge in [-0.1, -0.05) is 11.6 Å². The van der Waals surface area contributed by atoms with Crippen LogP contribution in [0.3, 0.4) is 0 Å². The van der Waals surface area contributed by atoms with Gasteiger partial charge in [0.15, 0.2) is 0 Å². The van der Waals surface area contributed by atoms with Crippen LogP contribution in [0, 0.1) is 0 Å². The highest BCUT2D eigenvalue weighted by Crippen LogP contribution is 2.34. The Morgan fingerprint density at radius 3 is 2.69 bits per heavy atom. The normalized spacial score (nSPS) is 17.1. The lowest BCUT2D eigenvalue weighted by atomic mass is 10.1. The second kappa shape index (κ2) is 8.22. The third-order valence-electron chi connectivity index (χ3n) is 4.34. The first-order chi connectivity index (χ1) is 12.5. The predicted octanol–water partition coefficient (Wildman–Crippen LogP) is 3.52. The van der Waals surface area contributed by atoms with E-state index in [1.54, 1.807) is 24.0 Å². The van der Waals surface area contributed by atoms with Crippen molar-refractivity contribution in [2.24, 2.45) is 0 Å². The molecule has 26 heavy (non-hydrogen) atoms. The minimum atomic E-state index is -0.283. The molecule has 2 amide bonds. The molecule has 0 spiro atoms. The molecule has 6 nitrogen and oxygen atoms in total. The summed E-state index contributed by atoms with van der Waals surface area (Å²) in [6.45, 7) is 3.84. The Balaban J connectivity index is 1.84. The first kappa shape index (κ1) is 18.9. The van der Waals surface area contributed by atoms with Crippen molar-refractivity contribution in [2.45, 2.75) is 19.8 Å². The summed E-state index contributed by atoms with van der Waals surface area (Å²) in [7, 11) is 1.49. The van der Waals surface area contributed by atoms with E-state index in [1.807, 2.05) is 0 Å². The Morgan fingerprint density at radius 1 is 1.31 bits per heavy atom. The highest BCUT2D eigenvalue weighted by atomic mass is 35.5. The number of allylic oxidation sites excluding steroid dienone is 1. The van der Waals surface area contributed by atoms with Crippen molar-refractivity contribution in [1.82, 2.24) is 4.90 Å². The maximum Gasteiger partial charge on any atom is 0.265 e. The second-order valence-corrected chi connectivity index (χ2v) is 7.58. The summed E-state index contributed by atoms with van der Waals surface area (Å²) in [5.41, 5.74) is 0.807. The molecule has 0 aromatic heterocycles. The molecule has 140 valence electrons. The molecular weight excluding hydrogens is 376 g/mol. The van der Waals surface area contributed by atoms with Crippen molar-refractivity contribution in [3.05, 3.63) is 33.4 Å². The molecule has 1 fully saturated rings. The fourth-order valence-corrected chi connectivity index (χ4v) is 4.01. The predicted molar refractivity (Wildman–Crippen MR) is 103 cm³/mol. The molecule has 0 unspecified atom stereocenters. The average Bonchev–Trinajstić information content (AvgIpc) is 3.17. The third-order valence-corrected chi connectivity index (χ3v) is 5.78. The van der Waals surface area contributed by atoms with Gasteiger partial charge in [0.2, 0.25) is 0 Å². The number of carbonyl (C=O) groups excluding carboxylic acids is 2. The van der Waals surface area contributed by atoms with Crippen LogP contribution in [0.4, 0.5) is 5.69 Å². The van der Waals surface area contributed by atoms with E-state index in [1.165, 1.54) is 18.9 Å². The number of rotatable bonds is 4. The lowest BCUT2D eigenvalue weighted by Crippen LogP contribution is -2.28. The zero-order chi connectivity index (χ0) is 18.7. The summed E-state index contributed by atoms with van der Waals surface area (Å²) in [5.74, 6) is 1.33. The Bertz CT molecular complexity index is 760. The van der Waals surface area contributed by atoms with Crippen LogP contribution < -0.4 is 10.1 Å². The molecular formula is C18H21ClN2O4S. The van der Waals surface area contributed by atoms with Crippen LogP contribution in [-0.4, -0.2) is 49.3 Å². The van der Waals surface area contributed by atoms with Crippen LogP contribution in [0.25, 0.3) is 0 Å². The number of anilines is 1. The maximum atomic E-state index is 12.7. The van der Waals surface area contributed by atoms with E-state index in [9.17, 15) is 9.59 Å². The molecule has 0 bridgehead atoms. The first-order valence-electron chi connectivity index (χ1n) is 8.46. The van der Waals surface area contributed by atoms with Crippen LogP contribution in [-0.2, 0) is 9.53 Å². The zero-order valence-corrected chi connectivity index (χ0v) is 16.3. The van der Waals surface area contributed by atoms with Gasteiger partial charge in [-0.3, -0.25) is 9.59 Å². The molecule has 2 aliphatic heterocycles. The number of hydrogen-bond acceptors (Lipinski definition) is 5. The standard InChI is InChI=1S/C18H21ClN2O4S/c1-11-16(26-8-7-25-11)17(22)20-14-10-15(24-2)12(9-13(14)19)18(23)21-5-3-4-6-21/h9-10H,3-8H2,1-2H3,(H,20,22). The van der Waals surface area contributed by atoms with Crippen LogP contribution in [0.5, 0.6) is 5.75 Å². The molecule has 1 aromatic rings. The fraction of sp³-hybridized carbons (Fsp3) is 0.444. The summed E-state index contributed by atoms with van der Waals surface area (Å²) in [6, 6.07) is 3.15. The number of nitrogens with zero attached hydrogens (tertiary/aromatic N) is 1. The molecule has 1 saturated heterocycles. The third kappa shape index (κ3) is 3.94. The van der Waals surface area contributed by atoms with Gasteiger partial charge < -0.3 is 19.7 Å². The van der Waals surface area contributed by atoms with Crippen molar-refractivity contribution < 1.29 is 19.1 Å². The van der Waals surface area contributed by atoms with Crippen molar-refractivity contribution >= 4 is 40.9 Å². The molecule has 0 aliphatic carbocycles. The summed E-state index contributed by atoms with van der Waals surface area (Å²) in [5, 5.41) is 3.08. The lowest BCUT2D eigenvalue weighted by Gasteiger charge is -2.20. The highest BCUT2D eigenvalue weighted by molar-refractivity contribution is 8.04. The number of halogens is 1. The number of nitrogens with one attached hydrogen (secondary N) is 1. The summed E-state index contributed by atoms with van der Waals surface area (Å²) in [6.07, 6.45) is 2.01. The van der Waals surface area contributed by atoms with Gasteiger partial charge in [0.05, 0.1) is 30.0 Å². The van der Waals surface area contributed by atoms with Crippen molar-refractivity contribution in [1.29, 1.82) is 0 Å². The number of hydrogen-bond donors (Lipinski definition) is 1. The minimum Gasteiger partial charge on any atom is -0.496 e. The van der Waals surface area contributed by atoms with Gasteiger partial charge in [-0.2, -0.15) is 0 Å². The Hall–Kier alpha value is -1.86. The van der Waals surface area contributed by atoms with Gasteiger partial charge in [0.1, 0.15) is 16.4 Å². The van der Waals surface area contributed by atoms with E-state index in [0.717, 1.165) is 31.7 Å². The summed E-state index contributed by atoms with van der Waals surface area (Å²) in [4.78, 5) is 27.5. The number of benzene rings is 1. The van der Waals surface area contributed by atoms with E-state index in [4.69, 9.17) is 21.1 Å². The maximum absolute atomic E-state index is 12.7. The quantitative estimate of drug-likeness (QED) is 0.843. The molecule has 1 N–H and O–H groups in total. The summed E-state index contributed by atoms with van der Waals surface area (Å²) < 4.78 is 10.8. The number of thioether (sulfide) groups is 1. The molecule has 8 heteroatoms. The van der Waals surface area contributed by atoms with Crippen LogP contribution in [0.15, 0.2) is 22.8 Å². The Labute approximate surface area is 161 Å². The van der Waals surface area contributed by atoms with Crippen LogP contribution in [0.1, 0.15) is 30.1 Å². The van der Waals surface area contributed by atoms with Crippen molar-refractivity contribution in [3.8, 4) is 5.75 Å². The Kier molecular flexibility index (Phi) is 5.98. The smallest absolute Gasteiger partial charge is 0.265 e. The lowest BCUT2D eigenvalue weighted by molar-refractivity contribution is -0.112. The molecule has 2 aliphatic rings. The number of ether oxygens (including phenoxy) is 2. The van der Waals surface area contributed by atoms with Crippen molar-refractivity contribution in [2.75, 3.05) is 37.9 Å². The summed E-state index contributed by atoms with van der Waals surface area (Å²) >= 11 is 7.78. The SMILES string of the molecule is COc1cc(NC(=O)C2=C(C)OCCS2)c(Cl)cc1C(=O)N1CCCC1. The van der Waals surface area contributed by atoms with E-state index >= 15 is 0 Å². The zero-order valence-electron chi connectivity index (χ0n) is 14.8. The molecule has 3 rings (SSSR count). The molecule has 0 saturated carbocycles. The van der Waals surface area contributed by atoms with E-state index in [-0.39, 0.29) is 11.8 Å². The second-order valence-electron chi connectivity index (χ2n) is 6.07. The van der Waals surface area contributed by atoms with E-state index in [0.29, 0.717) is 39.3 Å². The number of likely N-dealkylation sites (tertiary alicyclic amines) is 1. The van der Waals surface area contributed by atoms with Gasteiger partial charge in [0.25, 0.3) is 11.8 Å². The van der Waals surface area contributed by atoms with Gasteiger partial charge in [-0.05, 0) is 25.8 Å². The van der Waals surface area contributed by atoms with E-state index in [2.05, 4.69) is 5.32 Å². The Morgan fingerprint density at radius 2 is 2.04 bits per heavy atom. The fourth-order valence-electron chi connectivity index (χ4n) is 2.99. The monoisotopic (exact) mass is 396 g/mol. The van der Waals surface area contributed by atoms with Gasteiger partial charge >= 0.3 is 0 Å². The largest absolute Gasteiger partial charge is 0.496 e. The van der Waals surface area contributed by atoms with E-state index < -0.39 is 0 Å². The van der Waals surface area contributed by atoms with Gasteiger partial charge in [0, 0.05) is 24.9 Å². The topological polar surface area (TPSA) is 67.9 Å². The minimum absolute atomic E-state index is 0.103.